The number of nitrogens with two attached hydrogens (primary N) is 1. The van der Waals surface area contributed by atoms with Crippen LogP contribution in [0.25, 0.3) is 0 Å². The van der Waals surface area contributed by atoms with Gasteiger partial charge in [0.1, 0.15) is 0 Å². The van der Waals surface area contributed by atoms with Crippen molar-refractivity contribution in [3.63, 3.8) is 0 Å². The smallest absolute Gasteiger partial charge is 0.221 e. The Balaban J connectivity index is 1.73. The Morgan fingerprint density at radius 3 is 2.64 bits per heavy atom. The van der Waals surface area contributed by atoms with Gasteiger partial charge in [0.15, 0.2) is 5.78 Å². The summed E-state index contributed by atoms with van der Waals surface area (Å²) < 4.78 is 0. The first-order valence-electron chi connectivity index (χ1n) is 10.4. The van der Waals surface area contributed by atoms with Crippen LogP contribution in [0.4, 0.5) is 0 Å². The minimum atomic E-state index is -0.305. The number of carbonyl (C=O) groups is 2. The maximum atomic E-state index is 12.3. The van der Waals surface area contributed by atoms with Crippen molar-refractivity contribution in [3.8, 4) is 0 Å². The van der Waals surface area contributed by atoms with Crippen LogP contribution in [0.1, 0.15) is 72.1 Å². The Kier molecular flexibility index (Phi) is 3.94. The van der Waals surface area contributed by atoms with E-state index in [1.165, 1.54) is 44.1 Å². The highest BCUT2D eigenvalue weighted by Gasteiger charge is 2.61. The summed E-state index contributed by atoms with van der Waals surface area (Å²) in [5, 5.41) is 0. The lowest BCUT2D eigenvalue weighted by Crippen LogP contribution is -2.55. The molecule has 0 spiro atoms. The summed E-state index contributed by atoms with van der Waals surface area (Å²) >= 11 is 0. The molecule has 3 fully saturated rings. The van der Waals surface area contributed by atoms with E-state index in [0.717, 1.165) is 18.3 Å². The van der Waals surface area contributed by atoms with Gasteiger partial charge in [-0.1, -0.05) is 32.8 Å². The number of amides is 1. The fourth-order valence-corrected chi connectivity index (χ4v) is 7.82. The molecule has 1 amide bonds. The van der Waals surface area contributed by atoms with Crippen molar-refractivity contribution in [3.05, 3.63) is 11.6 Å². The van der Waals surface area contributed by atoms with Gasteiger partial charge in [0.2, 0.25) is 5.91 Å². The molecule has 3 saturated carbocycles. The van der Waals surface area contributed by atoms with E-state index in [1.54, 1.807) is 0 Å². The molecule has 4 rings (SSSR count). The van der Waals surface area contributed by atoms with Crippen molar-refractivity contribution < 1.29 is 9.59 Å². The second-order valence-electron chi connectivity index (χ2n) is 9.72. The van der Waals surface area contributed by atoms with Gasteiger partial charge < -0.3 is 5.73 Å². The molecule has 0 heterocycles. The molecule has 4 aliphatic rings. The number of hydrogen-bond donors (Lipinski definition) is 1. The van der Waals surface area contributed by atoms with Crippen LogP contribution < -0.4 is 5.73 Å². The van der Waals surface area contributed by atoms with Crippen molar-refractivity contribution in [2.45, 2.75) is 72.1 Å². The standard InChI is InChI=1S/C22H33NO2/c1-4-13-6-8-17-16-7-5-14-11-15(24)12-19(20(23)25)22(14,3)18(16)9-10-21(13,17)2/h11,13,16-19H,4-10,12H2,1-3H3,(H2,23,25)/t13-,16-,17-,18-,19?,21+,22-/m0/s1. The van der Waals surface area contributed by atoms with Crippen LogP contribution in [0.15, 0.2) is 11.6 Å². The van der Waals surface area contributed by atoms with E-state index in [1.807, 2.05) is 6.08 Å². The summed E-state index contributed by atoms with van der Waals surface area (Å²) in [7, 11) is 0. The molecule has 0 aromatic carbocycles. The van der Waals surface area contributed by atoms with E-state index in [9.17, 15) is 9.59 Å². The van der Waals surface area contributed by atoms with E-state index in [2.05, 4.69) is 20.8 Å². The second kappa shape index (κ2) is 5.69. The van der Waals surface area contributed by atoms with E-state index in [4.69, 9.17) is 5.73 Å². The zero-order chi connectivity index (χ0) is 18.0. The van der Waals surface area contributed by atoms with Crippen molar-refractivity contribution in [1.82, 2.24) is 0 Å². The number of ketones is 1. The highest BCUT2D eigenvalue weighted by Crippen LogP contribution is 2.67. The van der Waals surface area contributed by atoms with Crippen molar-refractivity contribution in [1.29, 1.82) is 0 Å². The van der Waals surface area contributed by atoms with E-state index >= 15 is 0 Å². The third-order valence-corrected chi connectivity index (χ3v) is 9.14. The second-order valence-corrected chi connectivity index (χ2v) is 9.72. The van der Waals surface area contributed by atoms with Crippen LogP contribution in [0.5, 0.6) is 0 Å². The maximum Gasteiger partial charge on any atom is 0.221 e. The molecule has 0 aromatic rings. The third kappa shape index (κ3) is 2.23. The minimum absolute atomic E-state index is 0.0993. The van der Waals surface area contributed by atoms with Gasteiger partial charge in [-0.25, -0.2) is 0 Å². The van der Waals surface area contributed by atoms with Crippen LogP contribution in [0.3, 0.4) is 0 Å². The highest BCUT2D eigenvalue weighted by atomic mass is 16.1. The average Bonchev–Trinajstić information content (AvgIpc) is 2.91. The maximum absolute atomic E-state index is 12.3. The third-order valence-electron chi connectivity index (χ3n) is 9.14. The zero-order valence-corrected chi connectivity index (χ0v) is 16.0. The first-order valence-corrected chi connectivity index (χ1v) is 10.4. The molecule has 0 aromatic heterocycles. The van der Waals surface area contributed by atoms with Crippen LogP contribution in [0.2, 0.25) is 0 Å². The number of fused-ring (bicyclic) bond motifs is 5. The predicted octanol–water partition coefficient (Wildman–Crippen LogP) is 4.26. The Hall–Kier alpha value is -1.12. The Morgan fingerprint density at radius 2 is 1.96 bits per heavy atom. The number of allylic oxidation sites excluding steroid dienone is 1. The summed E-state index contributed by atoms with van der Waals surface area (Å²) in [4.78, 5) is 24.4. The lowest BCUT2D eigenvalue weighted by Gasteiger charge is -2.59. The van der Waals surface area contributed by atoms with E-state index < -0.39 is 0 Å². The Labute approximate surface area is 151 Å². The lowest BCUT2D eigenvalue weighted by atomic mass is 9.44. The van der Waals surface area contributed by atoms with Gasteiger partial charge in [0, 0.05) is 11.8 Å². The molecule has 0 saturated heterocycles. The number of rotatable bonds is 2. The number of primary amides is 1. The lowest BCUT2D eigenvalue weighted by molar-refractivity contribution is -0.137. The molecule has 4 aliphatic carbocycles. The van der Waals surface area contributed by atoms with Crippen LogP contribution in [0, 0.1) is 40.4 Å². The van der Waals surface area contributed by atoms with Gasteiger partial charge in [-0.05, 0) is 73.7 Å². The van der Waals surface area contributed by atoms with E-state index in [-0.39, 0.29) is 23.0 Å². The van der Waals surface area contributed by atoms with Gasteiger partial charge in [-0.15, -0.1) is 0 Å². The van der Waals surface area contributed by atoms with Gasteiger partial charge in [-0.3, -0.25) is 9.59 Å². The van der Waals surface area contributed by atoms with Crippen LogP contribution >= 0.6 is 0 Å². The van der Waals surface area contributed by atoms with Crippen molar-refractivity contribution in [2.24, 2.45) is 46.2 Å². The highest BCUT2D eigenvalue weighted by molar-refractivity contribution is 5.96. The summed E-state index contributed by atoms with van der Waals surface area (Å²) in [6.07, 6.45) is 10.9. The van der Waals surface area contributed by atoms with Gasteiger partial charge >= 0.3 is 0 Å². The fourth-order valence-electron chi connectivity index (χ4n) is 7.82. The zero-order valence-electron chi connectivity index (χ0n) is 16.0. The molecular weight excluding hydrogens is 310 g/mol. The number of carbonyl (C=O) groups excluding carboxylic acids is 2. The minimum Gasteiger partial charge on any atom is -0.369 e. The van der Waals surface area contributed by atoms with Crippen LogP contribution in [-0.4, -0.2) is 11.7 Å². The fraction of sp³-hybridized carbons (Fsp3) is 0.818. The quantitative estimate of drug-likeness (QED) is 0.814. The summed E-state index contributed by atoms with van der Waals surface area (Å²) in [5.41, 5.74) is 7.33. The molecule has 0 bridgehead atoms. The first kappa shape index (κ1) is 17.3. The molecule has 2 N–H and O–H groups in total. The molecule has 25 heavy (non-hydrogen) atoms. The monoisotopic (exact) mass is 343 g/mol. The molecule has 138 valence electrons. The SMILES string of the molecule is CC[C@H]1CC[C@H]2[C@@H]3CCC4=CC(=O)CC(C(N)=O)[C@]4(C)[C@H]3CC[C@]12C. The molecule has 3 heteroatoms. The molecule has 0 radical (unpaired) electrons. The summed E-state index contributed by atoms with van der Waals surface area (Å²) in [5.74, 6) is 2.40. The van der Waals surface area contributed by atoms with Gasteiger partial charge in [-0.2, -0.15) is 0 Å². The predicted molar refractivity (Wildman–Crippen MR) is 98.6 cm³/mol. The Morgan fingerprint density at radius 1 is 1.20 bits per heavy atom. The topological polar surface area (TPSA) is 60.2 Å². The van der Waals surface area contributed by atoms with E-state index in [0.29, 0.717) is 23.7 Å². The molecular formula is C22H33NO2. The normalized spacial score (nSPS) is 49.0. The van der Waals surface area contributed by atoms with Crippen molar-refractivity contribution >= 4 is 11.7 Å². The van der Waals surface area contributed by atoms with Gasteiger partial charge in [0.05, 0.1) is 5.92 Å². The Bertz CT molecular complexity index is 638. The molecule has 7 atom stereocenters. The molecule has 3 nitrogen and oxygen atoms in total. The van der Waals surface area contributed by atoms with Gasteiger partial charge in [0.25, 0.3) is 0 Å². The largest absolute Gasteiger partial charge is 0.369 e. The van der Waals surface area contributed by atoms with Crippen LogP contribution in [-0.2, 0) is 9.59 Å². The average molecular weight is 344 g/mol. The molecule has 0 aliphatic heterocycles. The summed E-state index contributed by atoms with van der Waals surface area (Å²) in [6, 6.07) is 0. The number of hydrogen-bond acceptors (Lipinski definition) is 2. The first-order chi connectivity index (χ1) is 11.8. The molecule has 1 unspecified atom stereocenters. The summed E-state index contributed by atoms with van der Waals surface area (Å²) in [6.45, 7) is 7.15. The van der Waals surface area contributed by atoms with Crippen molar-refractivity contribution in [2.75, 3.05) is 0 Å².